The number of ether oxygens (including phenoxy) is 1. The fraction of sp³-hybridized carbons (Fsp3) is 0.250. The molecular formula is C24H23ClFN3O3S. The normalized spacial score (nSPS) is 14.2. The SMILES string of the molecule is COC(=O)c1c(-c2ccc(Cl)cc2)csc1NC(=O)CN1CCN(c2ccc(F)cc2)CC1. The van der Waals surface area contributed by atoms with E-state index in [0.717, 1.165) is 24.3 Å². The van der Waals surface area contributed by atoms with Crippen molar-refractivity contribution in [1.29, 1.82) is 0 Å². The molecule has 0 spiro atoms. The number of piperazine rings is 1. The van der Waals surface area contributed by atoms with Crippen LogP contribution in [0.2, 0.25) is 5.02 Å². The zero-order chi connectivity index (χ0) is 23.4. The molecule has 172 valence electrons. The first kappa shape index (κ1) is 23.2. The number of methoxy groups -OCH3 is 1. The highest BCUT2D eigenvalue weighted by molar-refractivity contribution is 7.15. The Morgan fingerprint density at radius 3 is 2.36 bits per heavy atom. The number of hydrogen-bond donors (Lipinski definition) is 1. The van der Waals surface area contributed by atoms with E-state index in [9.17, 15) is 14.0 Å². The molecule has 0 aliphatic carbocycles. The highest BCUT2D eigenvalue weighted by atomic mass is 35.5. The Hall–Kier alpha value is -2.94. The van der Waals surface area contributed by atoms with Crippen molar-refractivity contribution in [3.8, 4) is 11.1 Å². The summed E-state index contributed by atoms with van der Waals surface area (Å²) in [7, 11) is 1.32. The Morgan fingerprint density at radius 2 is 1.73 bits per heavy atom. The molecular weight excluding hydrogens is 465 g/mol. The van der Waals surface area contributed by atoms with Crippen LogP contribution in [0.1, 0.15) is 10.4 Å². The number of nitrogens with one attached hydrogen (secondary N) is 1. The summed E-state index contributed by atoms with van der Waals surface area (Å²) < 4.78 is 18.1. The molecule has 1 fully saturated rings. The third-order valence-electron chi connectivity index (χ3n) is 5.52. The van der Waals surface area contributed by atoms with Crippen molar-refractivity contribution in [2.75, 3.05) is 50.1 Å². The molecule has 1 aliphatic rings. The minimum atomic E-state index is -0.510. The number of benzene rings is 2. The van der Waals surface area contributed by atoms with Crippen molar-refractivity contribution in [1.82, 2.24) is 4.90 Å². The van der Waals surface area contributed by atoms with Gasteiger partial charge in [0.15, 0.2) is 0 Å². The molecule has 0 saturated carbocycles. The number of anilines is 2. The van der Waals surface area contributed by atoms with E-state index in [1.165, 1.54) is 30.6 Å². The molecule has 2 heterocycles. The van der Waals surface area contributed by atoms with Gasteiger partial charge in [-0.3, -0.25) is 9.69 Å². The fourth-order valence-electron chi connectivity index (χ4n) is 3.78. The smallest absolute Gasteiger partial charge is 0.341 e. The molecule has 9 heteroatoms. The summed E-state index contributed by atoms with van der Waals surface area (Å²) in [6, 6.07) is 13.6. The van der Waals surface area contributed by atoms with Crippen molar-refractivity contribution < 1.29 is 18.7 Å². The van der Waals surface area contributed by atoms with E-state index in [1.54, 1.807) is 24.3 Å². The van der Waals surface area contributed by atoms with Crippen LogP contribution in [0.15, 0.2) is 53.9 Å². The van der Waals surface area contributed by atoms with Gasteiger partial charge in [0, 0.05) is 47.8 Å². The van der Waals surface area contributed by atoms with Gasteiger partial charge in [-0.2, -0.15) is 0 Å². The highest BCUT2D eigenvalue weighted by Gasteiger charge is 2.24. The molecule has 1 saturated heterocycles. The van der Waals surface area contributed by atoms with Crippen LogP contribution < -0.4 is 10.2 Å². The highest BCUT2D eigenvalue weighted by Crippen LogP contribution is 2.36. The number of hydrogen-bond acceptors (Lipinski definition) is 6. The van der Waals surface area contributed by atoms with Gasteiger partial charge in [-0.1, -0.05) is 23.7 Å². The van der Waals surface area contributed by atoms with Crippen LogP contribution in [0, 0.1) is 5.82 Å². The third-order valence-corrected chi connectivity index (χ3v) is 6.67. The van der Waals surface area contributed by atoms with E-state index in [0.29, 0.717) is 34.2 Å². The summed E-state index contributed by atoms with van der Waals surface area (Å²) in [5.74, 6) is -0.961. The summed E-state index contributed by atoms with van der Waals surface area (Å²) in [5, 5.41) is 5.76. The number of carbonyl (C=O) groups excluding carboxylic acids is 2. The number of thiophene rings is 1. The second kappa shape index (κ2) is 10.3. The lowest BCUT2D eigenvalue weighted by Crippen LogP contribution is -2.48. The van der Waals surface area contributed by atoms with Crippen molar-refractivity contribution in [3.05, 3.63) is 70.3 Å². The van der Waals surface area contributed by atoms with Crippen LogP contribution in [0.3, 0.4) is 0 Å². The van der Waals surface area contributed by atoms with Crippen molar-refractivity contribution in [2.24, 2.45) is 0 Å². The first-order chi connectivity index (χ1) is 15.9. The fourth-order valence-corrected chi connectivity index (χ4v) is 4.88. The molecule has 0 unspecified atom stereocenters. The van der Waals surface area contributed by atoms with Crippen molar-refractivity contribution in [2.45, 2.75) is 0 Å². The Balaban J connectivity index is 1.40. The van der Waals surface area contributed by atoms with Crippen molar-refractivity contribution in [3.63, 3.8) is 0 Å². The topological polar surface area (TPSA) is 61.9 Å². The van der Waals surface area contributed by atoms with E-state index in [1.807, 2.05) is 17.5 Å². The second-order valence-corrected chi connectivity index (χ2v) is 8.96. The molecule has 6 nitrogen and oxygen atoms in total. The Labute approximate surface area is 200 Å². The Morgan fingerprint density at radius 1 is 1.06 bits per heavy atom. The van der Waals surface area contributed by atoms with Crippen LogP contribution in [0.4, 0.5) is 15.1 Å². The largest absolute Gasteiger partial charge is 0.465 e. The number of amides is 1. The monoisotopic (exact) mass is 487 g/mol. The molecule has 1 aromatic heterocycles. The zero-order valence-electron chi connectivity index (χ0n) is 18.0. The van der Waals surface area contributed by atoms with Gasteiger partial charge in [0.1, 0.15) is 16.4 Å². The molecule has 1 N–H and O–H groups in total. The Bertz CT molecular complexity index is 1130. The van der Waals surface area contributed by atoms with Gasteiger partial charge in [0.05, 0.1) is 13.7 Å². The minimum Gasteiger partial charge on any atom is -0.465 e. The van der Waals surface area contributed by atoms with Gasteiger partial charge < -0.3 is 15.0 Å². The average Bonchev–Trinajstić information content (AvgIpc) is 3.23. The predicted molar refractivity (Wildman–Crippen MR) is 130 cm³/mol. The van der Waals surface area contributed by atoms with E-state index in [4.69, 9.17) is 16.3 Å². The predicted octanol–water partition coefficient (Wildman–Crippen LogP) is 4.75. The maximum absolute atomic E-state index is 13.1. The number of esters is 1. The van der Waals surface area contributed by atoms with E-state index < -0.39 is 5.97 Å². The number of nitrogens with zero attached hydrogens (tertiary/aromatic N) is 2. The van der Waals surface area contributed by atoms with Gasteiger partial charge in [-0.15, -0.1) is 11.3 Å². The molecule has 0 radical (unpaired) electrons. The van der Waals surface area contributed by atoms with E-state index in [-0.39, 0.29) is 18.3 Å². The summed E-state index contributed by atoms with van der Waals surface area (Å²) in [4.78, 5) is 29.5. The minimum absolute atomic E-state index is 0.195. The molecule has 0 atom stereocenters. The molecule has 1 aliphatic heterocycles. The van der Waals surface area contributed by atoms with Crippen LogP contribution in [-0.4, -0.2) is 56.6 Å². The number of carbonyl (C=O) groups is 2. The van der Waals surface area contributed by atoms with Gasteiger partial charge in [-0.05, 0) is 42.0 Å². The summed E-state index contributed by atoms with van der Waals surface area (Å²) >= 11 is 7.26. The van der Waals surface area contributed by atoms with E-state index in [2.05, 4.69) is 15.1 Å². The molecule has 33 heavy (non-hydrogen) atoms. The second-order valence-electron chi connectivity index (χ2n) is 7.64. The van der Waals surface area contributed by atoms with Gasteiger partial charge >= 0.3 is 5.97 Å². The average molecular weight is 488 g/mol. The molecule has 0 bridgehead atoms. The molecule has 2 aromatic carbocycles. The molecule has 1 amide bonds. The lowest BCUT2D eigenvalue weighted by atomic mass is 10.0. The summed E-state index contributed by atoms with van der Waals surface area (Å²) in [5.41, 5.74) is 2.80. The maximum atomic E-state index is 13.1. The van der Waals surface area contributed by atoms with Crippen LogP contribution in [-0.2, 0) is 9.53 Å². The third kappa shape index (κ3) is 5.52. The summed E-state index contributed by atoms with van der Waals surface area (Å²) in [6.45, 7) is 3.11. The molecule has 4 rings (SSSR count). The summed E-state index contributed by atoms with van der Waals surface area (Å²) in [6.07, 6.45) is 0. The zero-order valence-corrected chi connectivity index (χ0v) is 19.6. The van der Waals surface area contributed by atoms with Crippen LogP contribution in [0.25, 0.3) is 11.1 Å². The van der Waals surface area contributed by atoms with E-state index >= 15 is 0 Å². The standard InChI is InChI=1S/C24H23ClFN3O3S/c1-32-24(31)22-20(16-2-4-17(25)5-3-16)15-33-23(22)27-21(30)14-28-10-12-29(13-11-28)19-8-6-18(26)7-9-19/h2-9,15H,10-14H2,1H3,(H,27,30). The maximum Gasteiger partial charge on any atom is 0.341 e. The van der Waals surface area contributed by atoms with Crippen molar-refractivity contribution >= 4 is 45.5 Å². The first-order valence-corrected chi connectivity index (χ1v) is 11.7. The van der Waals surface area contributed by atoms with Gasteiger partial charge in [0.25, 0.3) is 0 Å². The first-order valence-electron chi connectivity index (χ1n) is 10.4. The number of rotatable bonds is 6. The Kier molecular flexibility index (Phi) is 7.27. The van der Waals surface area contributed by atoms with Gasteiger partial charge in [0.2, 0.25) is 5.91 Å². The molecule has 3 aromatic rings. The quantitative estimate of drug-likeness (QED) is 0.508. The lowest BCUT2D eigenvalue weighted by molar-refractivity contribution is -0.117. The lowest BCUT2D eigenvalue weighted by Gasteiger charge is -2.35. The number of halogens is 2. The van der Waals surface area contributed by atoms with Gasteiger partial charge in [-0.25, -0.2) is 9.18 Å². The van der Waals surface area contributed by atoms with Crippen LogP contribution in [0.5, 0.6) is 0 Å². The van der Waals surface area contributed by atoms with Crippen LogP contribution >= 0.6 is 22.9 Å².